The Balaban J connectivity index is 1.54. The average Bonchev–Trinajstić information content (AvgIpc) is 2.70. The first kappa shape index (κ1) is 19.6. The molecule has 0 fully saturated rings. The number of pyridine rings is 1. The SMILES string of the molecule is CC(=O)Nc1ccc(NC(=O)c2cc(NCCC3=CCCCC3)ccn2)cc1. The number of allylic oxidation sites excluding steroid dienone is 1. The van der Waals surface area contributed by atoms with Crippen LogP contribution in [0.25, 0.3) is 0 Å². The zero-order valence-electron chi connectivity index (χ0n) is 16.1. The summed E-state index contributed by atoms with van der Waals surface area (Å²) >= 11 is 0. The molecule has 0 unspecified atom stereocenters. The topological polar surface area (TPSA) is 83.1 Å². The monoisotopic (exact) mass is 378 g/mol. The predicted molar refractivity (Wildman–Crippen MR) is 113 cm³/mol. The summed E-state index contributed by atoms with van der Waals surface area (Å²) in [7, 11) is 0. The lowest BCUT2D eigenvalue weighted by atomic mass is 9.97. The fourth-order valence-corrected chi connectivity index (χ4v) is 3.20. The molecule has 3 rings (SSSR count). The maximum Gasteiger partial charge on any atom is 0.274 e. The number of nitrogens with one attached hydrogen (secondary N) is 3. The number of nitrogens with zero attached hydrogens (tertiary/aromatic N) is 1. The van der Waals surface area contributed by atoms with E-state index in [2.05, 4.69) is 27.0 Å². The molecular formula is C22H26N4O2. The van der Waals surface area contributed by atoms with E-state index in [1.807, 2.05) is 6.07 Å². The third kappa shape index (κ3) is 5.94. The average molecular weight is 378 g/mol. The fourth-order valence-electron chi connectivity index (χ4n) is 3.20. The molecule has 2 amide bonds. The second kappa shape index (κ2) is 9.69. The summed E-state index contributed by atoms with van der Waals surface area (Å²) in [5, 5.41) is 8.89. The lowest BCUT2D eigenvalue weighted by Crippen LogP contribution is -2.14. The molecular weight excluding hydrogens is 352 g/mol. The molecule has 0 saturated carbocycles. The number of carbonyl (C=O) groups excluding carboxylic acids is 2. The molecule has 3 N–H and O–H groups in total. The lowest BCUT2D eigenvalue weighted by molar-refractivity contribution is -0.114. The summed E-state index contributed by atoms with van der Waals surface area (Å²) in [6, 6.07) is 10.6. The van der Waals surface area contributed by atoms with Gasteiger partial charge in [-0.05, 0) is 68.5 Å². The van der Waals surface area contributed by atoms with Gasteiger partial charge in [0.05, 0.1) is 0 Å². The Morgan fingerprint density at radius 3 is 2.43 bits per heavy atom. The Hall–Kier alpha value is -3.15. The summed E-state index contributed by atoms with van der Waals surface area (Å²) in [4.78, 5) is 27.7. The number of amides is 2. The van der Waals surface area contributed by atoms with Gasteiger partial charge >= 0.3 is 0 Å². The van der Waals surface area contributed by atoms with Crippen molar-refractivity contribution >= 4 is 28.9 Å². The molecule has 0 bridgehead atoms. The van der Waals surface area contributed by atoms with Crippen LogP contribution in [0.5, 0.6) is 0 Å². The number of anilines is 3. The van der Waals surface area contributed by atoms with Crippen molar-refractivity contribution < 1.29 is 9.59 Å². The lowest BCUT2D eigenvalue weighted by Gasteiger charge is -2.13. The third-order valence-corrected chi connectivity index (χ3v) is 4.62. The molecule has 2 aromatic rings. The van der Waals surface area contributed by atoms with Crippen LogP contribution in [0.3, 0.4) is 0 Å². The Bertz CT molecular complexity index is 859. The van der Waals surface area contributed by atoms with Gasteiger partial charge in [0.1, 0.15) is 5.69 Å². The molecule has 6 nitrogen and oxygen atoms in total. The van der Waals surface area contributed by atoms with E-state index in [4.69, 9.17) is 0 Å². The van der Waals surface area contributed by atoms with E-state index in [0.717, 1.165) is 18.7 Å². The van der Waals surface area contributed by atoms with Gasteiger partial charge in [0.15, 0.2) is 0 Å². The standard InChI is InChI=1S/C22H26N4O2/c1-16(27)25-18-7-9-19(10-8-18)26-22(28)21-15-20(12-14-24-21)23-13-11-17-5-3-2-4-6-17/h5,7-10,12,14-15H,2-4,6,11,13H2,1H3,(H,23,24)(H,25,27)(H,26,28). The molecule has 1 aliphatic rings. The van der Waals surface area contributed by atoms with Crippen LogP contribution in [-0.4, -0.2) is 23.3 Å². The molecule has 1 aliphatic carbocycles. The molecule has 28 heavy (non-hydrogen) atoms. The van der Waals surface area contributed by atoms with Crippen molar-refractivity contribution in [3.8, 4) is 0 Å². The predicted octanol–water partition coefficient (Wildman–Crippen LogP) is 4.59. The van der Waals surface area contributed by atoms with Crippen LogP contribution in [-0.2, 0) is 4.79 Å². The summed E-state index contributed by atoms with van der Waals surface area (Å²) in [6.45, 7) is 2.30. The number of rotatable bonds is 7. The van der Waals surface area contributed by atoms with Crippen molar-refractivity contribution in [2.45, 2.75) is 39.0 Å². The molecule has 146 valence electrons. The Labute approximate surface area is 165 Å². The van der Waals surface area contributed by atoms with Crippen LogP contribution in [0.4, 0.5) is 17.1 Å². The Kier molecular flexibility index (Phi) is 6.78. The summed E-state index contributed by atoms with van der Waals surface area (Å²) in [6.07, 6.45) is 10.0. The Morgan fingerprint density at radius 1 is 1.00 bits per heavy atom. The van der Waals surface area contributed by atoms with Crippen molar-refractivity contribution in [3.05, 3.63) is 59.9 Å². The molecule has 0 saturated heterocycles. The van der Waals surface area contributed by atoms with Crippen molar-refractivity contribution in [3.63, 3.8) is 0 Å². The van der Waals surface area contributed by atoms with Gasteiger partial charge in [-0.15, -0.1) is 0 Å². The largest absolute Gasteiger partial charge is 0.385 e. The van der Waals surface area contributed by atoms with E-state index in [-0.39, 0.29) is 11.8 Å². The van der Waals surface area contributed by atoms with Gasteiger partial charge in [-0.1, -0.05) is 11.6 Å². The summed E-state index contributed by atoms with van der Waals surface area (Å²) in [5.41, 5.74) is 4.09. The maximum atomic E-state index is 12.5. The first-order valence-electron chi connectivity index (χ1n) is 9.67. The molecule has 1 aromatic carbocycles. The van der Waals surface area contributed by atoms with Gasteiger partial charge in [-0.2, -0.15) is 0 Å². The minimum Gasteiger partial charge on any atom is -0.385 e. The fraction of sp³-hybridized carbons (Fsp3) is 0.318. The summed E-state index contributed by atoms with van der Waals surface area (Å²) in [5.74, 6) is -0.406. The highest BCUT2D eigenvalue weighted by Gasteiger charge is 2.09. The van der Waals surface area contributed by atoms with Crippen LogP contribution in [0.1, 0.15) is 49.5 Å². The Morgan fingerprint density at radius 2 is 1.75 bits per heavy atom. The number of hydrogen-bond acceptors (Lipinski definition) is 4. The van der Waals surface area contributed by atoms with E-state index in [1.54, 1.807) is 36.5 Å². The molecule has 1 aromatic heterocycles. The molecule has 1 heterocycles. The summed E-state index contributed by atoms with van der Waals surface area (Å²) < 4.78 is 0. The van der Waals surface area contributed by atoms with E-state index < -0.39 is 0 Å². The maximum absolute atomic E-state index is 12.5. The highest BCUT2D eigenvalue weighted by molar-refractivity contribution is 6.03. The highest BCUT2D eigenvalue weighted by Crippen LogP contribution is 2.20. The molecule has 0 atom stereocenters. The van der Waals surface area contributed by atoms with Crippen LogP contribution in [0.15, 0.2) is 54.2 Å². The van der Waals surface area contributed by atoms with Gasteiger partial charge in [0.25, 0.3) is 5.91 Å². The van der Waals surface area contributed by atoms with E-state index >= 15 is 0 Å². The molecule has 0 radical (unpaired) electrons. The zero-order valence-corrected chi connectivity index (χ0v) is 16.1. The van der Waals surface area contributed by atoms with Crippen LogP contribution >= 0.6 is 0 Å². The first-order chi connectivity index (χ1) is 13.6. The minimum absolute atomic E-state index is 0.134. The molecule has 0 aliphatic heterocycles. The highest BCUT2D eigenvalue weighted by atomic mass is 16.2. The van der Waals surface area contributed by atoms with Gasteiger partial charge in [-0.3, -0.25) is 14.6 Å². The van der Waals surface area contributed by atoms with Crippen molar-refractivity contribution in [1.29, 1.82) is 0 Å². The van der Waals surface area contributed by atoms with E-state index in [0.29, 0.717) is 17.1 Å². The van der Waals surface area contributed by atoms with E-state index in [9.17, 15) is 9.59 Å². The number of hydrogen-bond donors (Lipinski definition) is 3. The van der Waals surface area contributed by atoms with Crippen LogP contribution in [0, 0.1) is 0 Å². The van der Waals surface area contributed by atoms with Crippen molar-refractivity contribution in [1.82, 2.24) is 4.98 Å². The number of carbonyl (C=O) groups is 2. The van der Waals surface area contributed by atoms with Crippen LogP contribution < -0.4 is 16.0 Å². The zero-order chi connectivity index (χ0) is 19.8. The van der Waals surface area contributed by atoms with Gasteiger partial charge in [0, 0.05) is 36.7 Å². The van der Waals surface area contributed by atoms with Crippen molar-refractivity contribution in [2.24, 2.45) is 0 Å². The smallest absolute Gasteiger partial charge is 0.274 e. The molecule has 6 heteroatoms. The van der Waals surface area contributed by atoms with Gasteiger partial charge < -0.3 is 16.0 Å². The van der Waals surface area contributed by atoms with E-state index in [1.165, 1.54) is 38.2 Å². The second-order valence-corrected chi connectivity index (χ2v) is 6.93. The van der Waals surface area contributed by atoms with Gasteiger partial charge in [0.2, 0.25) is 5.91 Å². The van der Waals surface area contributed by atoms with Crippen molar-refractivity contribution in [2.75, 3.05) is 22.5 Å². The number of benzene rings is 1. The first-order valence-corrected chi connectivity index (χ1v) is 9.67. The normalized spacial score (nSPS) is 13.4. The quantitative estimate of drug-likeness (QED) is 0.615. The van der Waals surface area contributed by atoms with Gasteiger partial charge in [-0.25, -0.2) is 0 Å². The second-order valence-electron chi connectivity index (χ2n) is 6.93. The minimum atomic E-state index is -0.272. The molecule has 0 spiro atoms. The van der Waals surface area contributed by atoms with Crippen LogP contribution in [0.2, 0.25) is 0 Å². The number of aromatic nitrogens is 1. The third-order valence-electron chi connectivity index (χ3n) is 4.62.